The molecule has 0 radical (unpaired) electrons. The topological polar surface area (TPSA) is 67.9 Å². The maximum absolute atomic E-state index is 14.4. The number of halogens is 1. The molecular weight excluding hydrogens is 483 g/mol. The van der Waals surface area contributed by atoms with Crippen molar-refractivity contribution in [2.45, 2.75) is 13.1 Å². The monoisotopic (exact) mass is 508 g/mol. The maximum Gasteiger partial charge on any atom is 0.294 e. The Kier molecular flexibility index (Phi) is 7.17. The number of amides is 2. The number of nitrogens with one attached hydrogen (secondary N) is 1. The number of nitrogens with zero attached hydrogens (tertiary/aromatic N) is 1. The molecule has 0 saturated heterocycles. The van der Waals surface area contributed by atoms with Crippen LogP contribution in [0.15, 0.2) is 103 Å². The Morgan fingerprint density at radius 3 is 2.39 bits per heavy atom. The quantitative estimate of drug-likeness (QED) is 0.324. The van der Waals surface area contributed by atoms with Gasteiger partial charge < -0.3 is 14.8 Å². The van der Waals surface area contributed by atoms with Crippen LogP contribution in [-0.4, -0.2) is 18.9 Å². The van der Waals surface area contributed by atoms with Gasteiger partial charge in [-0.15, -0.1) is 0 Å². The fraction of sp³-hybridized carbons (Fsp3) is 0.0968. The van der Waals surface area contributed by atoms with Gasteiger partial charge in [-0.05, 0) is 59.7 Å². The smallest absolute Gasteiger partial charge is 0.294 e. The molecule has 0 aromatic heterocycles. The van der Waals surface area contributed by atoms with Crippen molar-refractivity contribution in [2.75, 3.05) is 12.0 Å². The number of rotatable bonds is 7. The van der Waals surface area contributed by atoms with Crippen molar-refractivity contribution < 1.29 is 23.5 Å². The third-order valence-corrected chi connectivity index (χ3v) is 6.20. The first-order chi connectivity index (χ1) is 18.5. The van der Waals surface area contributed by atoms with Crippen molar-refractivity contribution in [3.05, 3.63) is 131 Å². The summed E-state index contributed by atoms with van der Waals surface area (Å²) in [6.07, 6.45) is 1.62. The number of carbonyl (C=O) groups excluding carboxylic acids is 2. The molecule has 7 heteroatoms. The summed E-state index contributed by atoms with van der Waals surface area (Å²) in [5.41, 5.74) is 3.10. The first kappa shape index (κ1) is 24.8. The van der Waals surface area contributed by atoms with Gasteiger partial charge in [0, 0.05) is 17.7 Å². The van der Waals surface area contributed by atoms with Crippen LogP contribution in [0.3, 0.4) is 0 Å². The number of methoxy groups -OCH3 is 1. The number of carbonyl (C=O) groups is 2. The van der Waals surface area contributed by atoms with Gasteiger partial charge in [0.05, 0.1) is 19.3 Å². The molecule has 190 valence electrons. The first-order valence-electron chi connectivity index (χ1n) is 12.1. The fourth-order valence-corrected chi connectivity index (χ4v) is 4.13. The summed E-state index contributed by atoms with van der Waals surface area (Å²) < 4.78 is 25.4. The van der Waals surface area contributed by atoms with Crippen molar-refractivity contribution in [3.63, 3.8) is 0 Å². The second-order valence-corrected chi connectivity index (χ2v) is 8.71. The molecule has 0 atom stereocenters. The van der Waals surface area contributed by atoms with E-state index in [0.29, 0.717) is 34.7 Å². The average Bonchev–Trinajstić information content (AvgIpc) is 2.95. The summed E-state index contributed by atoms with van der Waals surface area (Å²) in [7, 11) is 1.60. The molecule has 1 aliphatic heterocycles. The Balaban J connectivity index is 1.32. The zero-order valence-corrected chi connectivity index (χ0v) is 20.7. The molecule has 5 rings (SSSR count). The molecule has 1 N–H and O–H groups in total. The van der Waals surface area contributed by atoms with Gasteiger partial charge in [-0.1, -0.05) is 54.6 Å². The van der Waals surface area contributed by atoms with Crippen LogP contribution in [0.5, 0.6) is 11.5 Å². The van der Waals surface area contributed by atoms with Gasteiger partial charge >= 0.3 is 0 Å². The summed E-state index contributed by atoms with van der Waals surface area (Å²) >= 11 is 0. The van der Waals surface area contributed by atoms with Crippen molar-refractivity contribution in [1.29, 1.82) is 0 Å². The molecule has 0 bridgehead atoms. The van der Waals surface area contributed by atoms with E-state index in [9.17, 15) is 14.0 Å². The standard InChI is InChI=1S/C31H25FN2O4/c1-37-25-16-12-22(13-17-25)19-33-30(35)23-14-10-21(11-15-23)18-29-31(36)34(20-24-6-2-3-7-26(24)32)27-8-4-5-9-28(27)38-29/h2-18H,19-20H2,1H3,(H,33,35). The highest BCUT2D eigenvalue weighted by Crippen LogP contribution is 2.36. The van der Waals surface area contributed by atoms with Crippen LogP contribution < -0.4 is 19.7 Å². The molecule has 0 unspecified atom stereocenters. The summed E-state index contributed by atoms with van der Waals surface area (Å²) in [6, 6.07) is 27.9. The highest BCUT2D eigenvalue weighted by Gasteiger charge is 2.30. The van der Waals surface area contributed by atoms with Crippen LogP contribution >= 0.6 is 0 Å². The highest BCUT2D eigenvalue weighted by atomic mass is 19.1. The number of hydrogen-bond acceptors (Lipinski definition) is 4. The van der Waals surface area contributed by atoms with Crippen LogP contribution in [-0.2, 0) is 17.9 Å². The van der Waals surface area contributed by atoms with E-state index >= 15 is 0 Å². The SMILES string of the molecule is COc1ccc(CNC(=O)c2ccc(C=C3Oc4ccccc4N(Cc4ccccc4F)C3=O)cc2)cc1. The summed E-state index contributed by atoms with van der Waals surface area (Å²) in [4.78, 5) is 27.5. The summed E-state index contributed by atoms with van der Waals surface area (Å²) in [5.74, 6) is 0.393. The van der Waals surface area contributed by atoms with Crippen LogP contribution in [0.4, 0.5) is 10.1 Å². The molecule has 6 nitrogen and oxygen atoms in total. The van der Waals surface area contributed by atoms with Crippen molar-refractivity contribution >= 4 is 23.6 Å². The van der Waals surface area contributed by atoms with Crippen LogP contribution in [0.1, 0.15) is 27.0 Å². The summed E-state index contributed by atoms with van der Waals surface area (Å²) in [6.45, 7) is 0.449. The minimum Gasteiger partial charge on any atom is -0.497 e. The van der Waals surface area contributed by atoms with Crippen molar-refractivity contribution in [3.8, 4) is 11.5 Å². The van der Waals surface area contributed by atoms with E-state index in [2.05, 4.69) is 5.32 Å². The molecule has 0 saturated carbocycles. The highest BCUT2D eigenvalue weighted by molar-refractivity contribution is 6.09. The van der Waals surface area contributed by atoms with Crippen LogP contribution in [0.2, 0.25) is 0 Å². The minimum absolute atomic E-state index is 0.0660. The van der Waals surface area contributed by atoms with Crippen LogP contribution in [0, 0.1) is 5.82 Å². The first-order valence-corrected chi connectivity index (χ1v) is 12.1. The molecule has 4 aromatic rings. The predicted octanol–water partition coefficient (Wildman–Crippen LogP) is 5.73. The normalized spacial score (nSPS) is 13.6. The zero-order valence-electron chi connectivity index (χ0n) is 20.7. The minimum atomic E-state index is -0.381. The number of ether oxygens (including phenoxy) is 2. The van der Waals surface area contributed by atoms with E-state index in [4.69, 9.17) is 9.47 Å². The largest absolute Gasteiger partial charge is 0.497 e. The van der Waals surface area contributed by atoms with Gasteiger partial charge in [-0.25, -0.2) is 4.39 Å². The Labute approximate surface area is 219 Å². The molecule has 0 aliphatic carbocycles. The molecule has 4 aromatic carbocycles. The third-order valence-electron chi connectivity index (χ3n) is 6.20. The Morgan fingerprint density at radius 1 is 0.947 bits per heavy atom. The molecule has 38 heavy (non-hydrogen) atoms. The maximum atomic E-state index is 14.4. The number of para-hydroxylation sites is 2. The van der Waals surface area contributed by atoms with Gasteiger partial charge in [0.15, 0.2) is 11.5 Å². The van der Waals surface area contributed by atoms with Crippen LogP contribution in [0.25, 0.3) is 6.08 Å². The van der Waals surface area contributed by atoms with Gasteiger partial charge in [0.2, 0.25) is 0 Å². The second-order valence-electron chi connectivity index (χ2n) is 8.71. The van der Waals surface area contributed by atoms with E-state index in [1.807, 2.05) is 30.3 Å². The number of anilines is 1. The Morgan fingerprint density at radius 2 is 1.66 bits per heavy atom. The Bertz CT molecular complexity index is 1500. The predicted molar refractivity (Wildman–Crippen MR) is 143 cm³/mol. The number of hydrogen-bond donors (Lipinski definition) is 1. The lowest BCUT2D eigenvalue weighted by atomic mass is 10.1. The third kappa shape index (κ3) is 5.42. The van der Waals surface area contributed by atoms with E-state index < -0.39 is 0 Å². The molecule has 0 spiro atoms. The second kappa shape index (κ2) is 11.0. The van der Waals surface area contributed by atoms with E-state index in [1.54, 1.807) is 73.8 Å². The number of benzene rings is 4. The van der Waals surface area contributed by atoms with E-state index in [-0.39, 0.29) is 29.9 Å². The zero-order chi connectivity index (χ0) is 26.5. The van der Waals surface area contributed by atoms with Gasteiger partial charge in [0.25, 0.3) is 11.8 Å². The summed E-state index contributed by atoms with van der Waals surface area (Å²) in [5, 5.41) is 2.89. The van der Waals surface area contributed by atoms with Gasteiger partial charge in [-0.2, -0.15) is 0 Å². The number of fused-ring (bicyclic) bond motifs is 1. The average molecular weight is 509 g/mol. The van der Waals surface area contributed by atoms with E-state index in [1.165, 1.54) is 11.0 Å². The lowest BCUT2D eigenvalue weighted by Crippen LogP contribution is -2.37. The molecule has 1 aliphatic rings. The molecule has 2 amide bonds. The lowest BCUT2D eigenvalue weighted by molar-refractivity contribution is -0.117. The molecule has 1 heterocycles. The van der Waals surface area contributed by atoms with Gasteiger partial charge in [0.1, 0.15) is 11.6 Å². The lowest BCUT2D eigenvalue weighted by Gasteiger charge is -2.30. The van der Waals surface area contributed by atoms with Gasteiger partial charge in [-0.3, -0.25) is 14.5 Å². The van der Waals surface area contributed by atoms with E-state index in [0.717, 1.165) is 11.3 Å². The molecule has 0 fully saturated rings. The Hall–Kier alpha value is -4.91. The fourth-order valence-electron chi connectivity index (χ4n) is 4.13. The molecular formula is C31H25FN2O4. The van der Waals surface area contributed by atoms with Crippen molar-refractivity contribution in [1.82, 2.24) is 5.32 Å². The van der Waals surface area contributed by atoms with Crippen molar-refractivity contribution in [2.24, 2.45) is 0 Å².